The van der Waals surface area contributed by atoms with Gasteiger partial charge < -0.3 is 5.32 Å². The summed E-state index contributed by atoms with van der Waals surface area (Å²) in [5.74, 6) is -0.452. The third kappa shape index (κ3) is 4.68. The number of sulfonamides is 1. The Bertz CT molecular complexity index is 592. The third-order valence-electron chi connectivity index (χ3n) is 3.30. The van der Waals surface area contributed by atoms with E-state index < -0.39 is 20.9 Å². The maximum atomic E-state index is 13.5. The van der Waals surface area contributed by atoms with E-state index in [0.717, 1.165) is 25.9 Å². The quantitative estimate of drug-likeness (QED) is 0.776. The van der Waals surface area contributed by atoms with Gasteiger partial charge in [0.15, 0.2) is 5.82 Å². The Kier molecular flexibility index (Phi) is 7.16. The van der Waals surface area contributed by atoms with Crippen molar-refractivity contribution in [3.8, 4) is 0 Å². The molecule has 120 valence electrons. The van der Waals surface area contributed by atoms with Gasteiger partial charge in [0.1, 0.15) is 4.90 Å². The first-order valence-electron chi connectivity index (χ1n) is 6.25. The monoisotopic (exact) mass is 376 g/mol. The van der Waals surface area contributed by atoms with E-state index in [1.165, 1.54) is 12.1 Å². The van der Waals surface area contributed by atoms with Crippen molar-refractivity contribution in [1.29, 1.82) is 0 Å². The van der Waals surface area contributed by atoms with Crippen molar-refractivity contribution in [2.24, 2.45) is 5.92 Å². The lowest BCUT2D eigenvalue weighted by molar-refractivity contribution is 0.519. The minimum absolute atomic E-state index is 0. The highest BCUT2D eigenvalue weighted by atomic mass is 35.5. The third-order valence-corrected chi connectivity index (χ3v) is 5.57. The summed E-state index contributed by atoms with van der Waals surface area (Å²) in [6, 6.07) is 2.38. The van der Waals surface area contributed by atoms with Gasteiger partial charge in [0.05, 0.1) is 10.0 Å². The minimum atomic E-state index is -3.82. The van der Waals surface area contributed by atoms with Crippen molar-refractivity contribution in [3.63, 3.8) is 0 Å². The van der Waals surface area contributed by atoms with E-state index in [0.29, 0.717) is 12.5 Å². The Hall–Kier alpha value is -0.110. The van der Waals surface area contributed by atoms with Crippen LogP contribution in [-0.4, -0.2) is 28.1 Å². The van der Waals surface area contributed by atoms with E-state index in [1.807, 2.05) is 0 Å². The fourth-order valence-electron chi connectivity index (χ4n) is 2.15. The van der Waals surface area contributed by atoms with E-state index >= 15 is 0 Å². The normalized spacial score (nSPS) is 18.5. The molecule has 0 aromatic heterocycles. The van der Waals surface area contributed by atoms with Gasteiger partial charge in [0.25, 0.3) is 0 Å². The van der Waals surface area contributed by atoms with Gasteiger partial charge in [-0.05, 0) is 44.0 Å². The molecule has 9 heteroatoms. The van der Waals surface area contributed by atoms with Crippen LogP contribution in [0.15, 0.2) is 17.0 Å². The van der Waals surface area contributed by atoms with Crippen LogP contribution in [0.1, 0.15) is 12.8 Å². The predicted molar refractivity (Wildman–Crippen MR) is 84.5 cm³/mol. The lowest BCUT2D eigenvalue weighted by atomic mass is 10.1. The predicted octanol–water partition coefficient (Wildman–Crippen LogP) is 2.83. The summed E-state index contributed by atoms with van der Waals surface area (Å²) in [4.78, 5) is -0.286. The zero-order chi connectivity index (χ0) is 14.8. The zero-order valence-electron chi connectivity index (χ0n) is 11.0. The average molecular weight is 378 g/mol. The van der Waals surface area contributed by atoms with Crippen LogP contribution in [0, 0.1) is 11.7 Å². The fraction of sp³-hybridized carbons (Fsp3) is 0.500. The first-order valence-corrected chi connectivity index (χ1v) is 8.49. The van der Waals surface area contributed by atoms with E-state index in [2.05, 4.69) is 10.0 Å². The molecule has 0 radical (unpaired) electrons. The summed E-state index contributed by atoms with van der Waals surface area (Å²) in [6.07, 6.45) is 1.78. The molecule has 2 N–H and O–H groups in total. The van der Waals surface area contributed by atoms with Gasteiger partial charge in [-0.1, -0.05) is 23.2 Å². The molecule has 1 aromatic rings. The van der Waals surface area contributed by atoms with E-state index in [1.54, 1.807) is 0 Å². The van der Waals surface area contributed by atoms with Crippen LogP contribution in [0.5, 0.6) is 0 Å². The molecule has 0 spiro atoms. The first-order chi connectivity index (χ1) is 9.42. The Morgan fingerprint density at radius 3 is 2.71 bits per heavy atom. The number of rotatable bonds is 5. The molecule has 1 aromatic carbocycles. The molecule has 0 amide bonds. The smallest absolute Gasteiger partial charge is 0.242 e. The summed E-state index contributed by atoms with van der Waals surface area (Å²) in [7, 11) is -3.82. The average Bonchev–Trinajstić information content (AvgIpc) is 2.88. The number of halogens is 4. The second-order valence-corrected chi connectivity index (χ2v) is 7.24. The Morgan fingerprint density at radius 1 is 1.38 bits per heavy atom. The number of hydrogen-bond donors (Lipinski definition) is 2. The summed E-state index contributed by atoms with van der Waals surface area (Å²) in [5, 5.41) is 2.53. The van der Waals surface area contributed by atoms with Crippen LogP contribution < -0.4 is 10.0 Å². The molecule has 1 aliphatic heterocycles. The van der Waals surface area contributed by atoms with Crippen molar-refractivity contribution in [2.75, 3.05) is 19.6 Å². The number of nitrogens with one attached hydrogen (secondary N) is 2. The maximum absolute atomic E-state index is 13.5. The standard InChI is InChI=1S/C12H15Cl2FN2O2S.ClH/c13-9-1-2-10(11(14)12(9)15)20(18,19)17-6-4-8-3-5-16-7-8;/h1-2,8,16-17H,3-7H2;1H. The molecule has 0 saturated carbocycles. The van der Waals surface area contributed by atoms with E-state index in [4.69, 9.17) is 23.2 Å². The first kappa shape index (κ1) is 18.9. The van der Waals surface area contributed by atoms with Crippen LogP contribution in [0.4, 0.5) is 4.39 Å². The van der Waals surface area contributed by atoms with Crippen molar-refractivity contribution < 1.29 is 12.8 Å². The molecule has 1 aliphatic rings. The lowest BCUT2D eigenvalue weighted by Crippen LogP contribution is -2.27. The molecule has 1 unspecified atom stereocenters. The number of benzene rings is 1. The molecule has 1 atom stereocenters. The molecular weight excluding hydrogens is 362 g/mol. The second kappa shape index (κ2) is 7.94. The summed E-state index contributed by atoms with van der Waals surface area (Å²) >= 11 is 11.2. The van der Waals surface area contributed by atoms with Crippen molar-refractivity contribution in [1.82, 2.24) is 10.0 Å². The molecule has 1 saturated heterocycles. The summed E-state index contributed by atoms with van der Waals surface area (Å²) in [5.41, 5.74) is 0. The van der Waals surface area contributed by atoms with E-state index in [9.17, 15) is 12.8 Å². The Labute approximate surface area is 139 Å². The molecule has 0 bridgehead atoms. The van der Waals surface area contributed by atoms with Crippen LogP contribution >= 0.6 is 35.6 Å². The largest absolute Gasteiger partial charge is 0.316 e. The lowest BCUT2D eigenvalue weighted by Gasteiger charge is -2.11. The van der Waals surface area contributed by atoms with Crippen LogP contribution in [0.25, 0.3) is 0 Å². The highest BCUT2D eigenvalue weighted by Gasteiger charge is 2.22. The molecule has 2 rings (SSSR count). The topological polar surface area (TPSA) is 58.2 Å². The number of hydrogen-bond acceptors (Lipinski definition) is 3. The van der Waals surface area contributed by atoms with Crippen molar-refractivity contribution in [3.05, 3.63) is 28.0 Å². The van der Waals surface area contributed by atoms with Gasteiger partial charge in [-0.15, -0.1) is 12.4 Å². The van der Waals surface area contributed by atoms with Crippen LogP contribution in [0.3, 0.4) is 0 Å². The van der Waals surface area contributed by atoms with Gasteiger partial charge in [0, 0.05) is 6.54 Å². The molecule has 4 nitrogen and oxygen atoms in total. The van der Waals surface area contributed by atoms with Crippen molar-refractivity contribution in [2.45, 2.75) is 17.7 Å². The highest BCUT2D eigenvalue weighted by Crippen LogP contribution is 2.29. The van der Waals surface area contributed by atoms with Gasteiger partial charge >= 0.3 is 0 Å². The fourth-order valence-corrected chi connectivity index (χ4v) is 3.94. The summed E-state index contributed by atoms with van der Waals surface area (Å²) < 4.78 is 40.1. The summed E-state index contributed by atoms with van der Waals surface area (Å²) in [6.45, 7) is 2.17. The Morgan fingerprint density at radius 2 is 2.10 bits per heavy atom. The van der Waals surface area contributed by atoms with Crippen LogP contribution in [-0.2, 0) is 10.0 Å². The molecule has 21 heavy (non-hydrogen) atoms. The molecule has 0 aliphatic carbocycles. The van der Waals surface area contributed by atoms with Gasteiger partial charge in [0.2, 0.25) is 10.0 Å². The SMILES string of the molecule is Cl.O=S(=O)(NCCC1CCNC1)c1ccc(Cl)c(F)c1Cl. The molecule has 1 heterocycles. The van der Waals surface area contributed by atoms with E-state index in [-0.39, 0.29) is 22.3 Å². The molecule has 1 fully saturated rings. The molecular formula is C12H16Cl3FN2O2S. The van der Waals surface area contributed by atoms with Gasteiger partial charge in [-0.3, -0.25) is 0 Å². The Balaban J connectivity index is 0.00000220. The second-order valence-electron chi connectivity index (χ2n) is 4.72. The van der Waals surface area contributed by atoms with Crippen molar-refractivity contribution >= 4 is 45.6 Å². The van der Waals surface area contributed by atoms with Gasteiger partial charge in [-0.2, -0.15) is 0 Å². The van der Waals surface area contributed by atoms with Crippen LogP contribution in [0.2, 0.25) is 10.0 Å². The highest BCUT2D eigenvalue weighted by molar-refractivity contribution is 7.89. The zero-order valence-corrected chi connectivity index (χ0v) is 14.2. The van der Waals surface area contributed by atoms with Gasteiger partial charge in [-0.25, -0.2) is 17.5 Å². The maximum Gasteiger partial charge on any atom is 0.242 e. The minimum Gasteiger partial charge on any atom is -0.316 e.